The molecule has 2 aliphatic rings. The molecule has 1 aromatic carbocycles. The second-order valence-electron chi connectivity index (χ2n) is 5.69. The molecule has 1 amide bonds. The van der Waals surface area contributed by atoms with Crippen molar-refractivity contribution in [3.05, 3.63) is 24.3 Å². The van der Waals surface area contributed by atoms with Gasteiger partial charge in [0.2, 0.25) is 0 Å². The molecular weight excluding hydrogens is 268 g/mol. The molecule has 114 valence electrons. The molecule has 3 rings (SSSR count). The van der Waals surface area contributed by atoms with E-state index in [2.05, 4.69) is 5.32 Å². The van der Waals surface area contributed by atoms with E-state index in [9.17, 15) is 4.79 Å². The first-order valence-electron chi connectivity index (χ1n) is 7.60. The van der Waals surface area contributed by atoms with Gasteiger partial charge in [0.25, 0.3) is 5.91 Å². The lowest BCUT2D eigenvalue weighted by Crippen LogP contribution is -2.48. The van der Waals surface area contributed by atoms with E-state index < -0.39 is 6.10 Å². The average molecular weight is 290 g/mol. The number of amides is 1. The highest BCUT2D eigenvalue weighted by molar-refractivity contribution is 5.83. The molecule has 0 saturated carbocycles. The van der Waals surface area contributed by atoms with Crippen LogP contribution in [0.3, 0.4) is 0 Å². The van der Waals surface area contributed by atoms with Crippen LogP contribution in [0.25, 0.3) is 0 Å². The first-order chi connectivity index (χ1) is 10.2. The smallest absolute Gasteiger partial charge is 0.265 e. The molecule has 0 spiro atoms. The minimum Gasteiger partial charge on any atom is -0.477 e. The van der Waals surface area contributed by atoms with Gasteiger partial charge in [0.1, 0.15) is 5.75 Å². The van der Waals surface area contributed by atoms with Crippen molar-refractivity contribution in [1.82, 2.24) is 4.90 Å². The third-order valence-corrected chi connectivity index (χ3v) is 4.04. The van der Waals surface area contributed by atoms with E-state index in [1.165, 1.54) is 6.42 Å². The lowest BCUT2D eigenvalue weighted by atomic mass is 10.1. The van der Waals surface area contributed by atoms with Gasteiger partial charge in [-0.2, -0.15) is 0 Å². The Balaban J connectivity index is 1.58. The summed E-state index contributed by atoms with van der Waals surface area (Å²) < 4.78 is 11.5. The number of benzene rings is 1. The Morgan fingerprint density at radius 3 is 3.05 bits per heavy atom. The van der Waals surface area contributed by atoms with Gasteiger partial charge < -0.3 is 19.7 Å². The Hall–Kier alpha value is -1.75. The van der Waals surface area contributed by atoms with E-state index in [1.807, 2.05) is 31.3 Å². The number of fused-ring (bicyclic) bond motifs is 1. The fourth-order valence-electron chi connectivity index (χ4n) is 2.84. The largest absolute Gasteiger partial charge is 0.477 e. The first kappa shape index (κ1) is 14.2. The summed E-state index contributed by atoms with van der Waals surface area (Å²) in [5.74, 6) is 0.746. The Labute approximate surface area is 125 Å². The summed E-state index contributed by atoms with van der Waals surface area (Å²) in [5.41, 5.74) is 0.944. The highest BCUT2D eigenvalue weighted by atomic mass is 16.5. The zero-order valence-corrected chi connectivity index (χ0v) is 12.4. The van der Waals surface area contributed by atoms with Crippen LogP contribution in [-0.2, 0) is 9.53 Å². The zero-order chi connectivity index (χ0) is 14.7. The van der Waals surface area contributed by atoms with Gasteiger partial charge in [-0.25, -0.2) is 0 Å². The minimum absolute atomic E-state index is 0.00572. The second kappa shape index (κ2) is 6.35. The van der Waals surface area contributed by atoms with Gasteiger partial charge in [-0.15, -0.1) is 0 Å². The second-order valence-corrected chi connectivity index (χ2v) is 5.69. The molecule has 1 fully saturated rings. The summed E-state index contributed by atoms with van der Waals surface area (Å²) in [6, 6.07) is 7.69. The highest BCUT2D eigenvalue weighted by Gasteiger charge is 2.29. The molecule has 2 aliphatic heterocycles. The van der Waals surface area contributed by atoms with E-state index in [4.69, 9.17) is 9.47 Å². The van der Waals surface area contributed by atoms with Gasteiger partial charge >= 0.3 is 0 Å². The quantitative estimate of drug-likeness (QED) is 0.923. The number of hydrogen-bond acceptors (Lipinski definition) is 4. The van der Waals surface area contributed by atoms with Crippen molar-refractivity contribution in [2.24, 2.45) is 0 Å². The molecule has 2 heterocycles. The van der Waals surface area contributed by atoms with Gasteiger partial charge in [0.15, 0.2) is 6.10 Å². The van der Waals surface area contributed by atoms with Crippen LogP contribution >= 0.6 is 0 Å². The maximum Gasteiger partial charge on any atom is 0.265 e. The standard InChI is InChI=1S/C16H22N2O3/c1-18(11-12-6-4-5-9-20-12)16(19)15-10-17-13-7-2-3-8-14(13)21-15/h2-3,7-8,12,15,17H,4-6,9-11H2,1H3. The van der Waals surface area contributed by atoms with Crippen LogP contribution in [0.1, 0.15) is 19.3 Å². The van der Waals surface area contributed by atoms with Crippen molar-refractivity contribution in [2.45, 2.75) is 31.5 Å². The van der Waals surface area contributed by atoms with Crippen LogP contribution in [0.5, 0.6) is 5.75 Å². The Kier molecular flexibility index (Phi) is 4.29. The van der Waals surface area contributed by atoms with Crippen molar-refractivity contribution in [3.63, 3.8) is 0 Å². The van der Waals surface area contributed by atoms with E-state index in [1.54, 1.807) is 4.90 Å². The van der Waals surface area contributed by atoms with Gasteiger partial charge in [-0.05, 0) is 31.4 Å². The number of carbonyl (C=O) groups is 1. The van der Waals surface area contributed by atoms with Gasteiger partial charge in [-0.1, -0.05) is 12.1 Å². The summed E-state index contributed by atoms with van der Waals surface area (Å²) in [4.78, 5) is 14.2. The topological polar surface area (TPSA) is 50.8 Å². The molecule has 5 heteroatoms. The van der Waals surface area contributed by atoms with E-state index in [0.29, 0.717) is 13.1 Å². The van der Waals surface area contributed by atoms with Crippen LogP contribution in [0.2, 0.25) is 0 Å². The molecule has 1 aromatic rings. The molecule has 0 radical (unpaired) electrons. The van der Waals surface area contributed by atoms with Crippen molar-refractivity contribution >= 4 is 11.6 Å². The van der Waals surface area contributed by atoms with Crippen LogP contribution in [0, 0.1) is 0 Å². The number of likely N-dealkylation sites (N-methyl/N-ethyl adjacent to an activating group) is 1. The zero-order valence-electron chi connectivity index (χ0n) is 12.4. The SMILES string of the molecule is CN(CC1CCCCO1)C(=O)C1CNc2ccccc2O1. The summed E-state index contributed by atoms with van der Waals surface area (Å²) >= 11 is 0. The molecular formula is C16H22N2O3. The summed E-state index contributed by atoms with van der Waals surface area (Å²) in [6.45, 7) is 1.95. The summed E-state index contributed by atoms with van der Waals surface area (Å²) in [5, 5.41) is 3.25. The molecule has 0 aromatic heterocycles. The van der Waals surface area contributed by atoms with Crippen LogP contribution in [-0.4, -0.2) is 49.8 Å². The number of hydrogen-bond donors (Lipinski definition) is 1. The average Bonchev–Trinajstić information content (AvgIpc) is 2.54. The fraction of sp³-hybridized carbons (Fsp3) is 0.562. The van der Waals surface area contributed by atoms with Gasteiger partial charge in [0.05, 0.1) is 18.3 Å². The molecule has 1 saturated heterocycles. The normalized spacial score (nSPS) is 24.4. The van der Waals surface area contributed by atoms with Crippen molar-refractivity contribution in [3.8, 4) is 5.75 Å². The number of nitrogens with one attached hydrogen (secondary N) is 1. The monoisotopic (exact) mass is 290 g/mol. The Bertz CT molecular complexity index is 500. The lowest BCUT2D eigenvalue weighted by molar-refractivity contribution is -0.139. The molecule has 1 N–H and O–H groups in total. The molecule has 0 aliphatic carbocycles. The van der Waals surface area contributed by atoms with Crippen molar-refractivity contribution < 1.29 is 14.3 Å². The van der Waals surface area contributed by atoms with E-state index in [0.717, 1.165) is 30.9 Å². The maximum absolute atomic E-state index is 12.5. The number of para-hydroxylation sites is 2. The Morgan fingerprint density at radius 1 is 1.38 bits per heavy atom. The van der Waals surface area contributed by atoms with Crippen molar-refractivity contribution in [1.29, 1.82) is 0 Å². The minimum atomic E-state index is -0.464. The summed E-state index contributed by atoms with van der Waals surface area (Å²) in [6.07, 6.45) is 3.04. The van der Waals surface area contributed by atoms with Gasteiger partial charge in [-0.3, -0.25) is 4.79 Å². The maximum atomic E-state index is 12.5. The molecule has 5 nitrogen and oxygen atoms in total. The highest BCUT2D eigenvalue weighted by Crippen LogP contribution is 2.28. The summed E-state index contributed by atoms with van der Waals surface area (Å²) in [7, 11) is 1.82. The molecule has 21 heavy (non-hydrogen) atoms. The third kappa shape index (κ3) is 3.29. The predicted molar refractivity (Wildman–Crippen MR) is 80.6 cm³/mol. The predicted octanol–water partition coefficient (Wildman–Crippen LogP) is 1.89. The Morgan fingerprint density at radius 2 is 2.24 bits per heavy atom. The van der Waals surface area contributed by atoms with Gasteiger partial charge in [0, 0.05) is 20.2 Å². The number of rotatable bonds is 3. The number of nitrogens with zero attached hydrogens (tertiary/aromatic N) is 1. The molecule has 2 unspecified atom stereocenters. The van der Waals surface area contributed by atoms with Crippen LogP contribution in [0.4, 0.5) is 5.69 Å². The molecule has 0 bridgehead atoms. The van der Waals surface area contributed by atoms with E-state index in [-0.39, 0.29) is 12.0 Å². The lowest BCUT2D eigenvalue weighted by Gasteiger charge is -2.32. The number of ether oxygens (including phenoxy) is 2. The van der Waals surface area contributed by atoms with E-state index >= 15 is 0 Å². The third-order valence-electron chi connectivity index (χ3n) is 4.04. The molecule has 2 atom stereocenters. The number of carbonyl (C=O) groups excluding carboxylic acids is 1. The number of anilines is 1. The van der Waals surface area contributed by atoms with Crippen molar-refractivity contribution in [2.75, 3.05) is 32.1 Å². The van der Waals surface area contributed by atoms with Crippen LogP contribution in [0.15, 0.2) is 24.3 Å². The first-order valence-corrected chi connectivity index (χ1v) is 7.60. The van der Waals surface area contributed by atoms with Crippen LogP contribution < -0.4 is 10.1 Å². The fourth-order valence-corrected chi connectivity index (χ4v) is 2.84.